The second-order valence-corrected chi connectivity index (χ2v) is 5.53. The summed E-state index contributed by atoms with van der Waals surface area (Å²) in [4.78, 5) is 12.2. The standard InChI is InChI=1S/C15H21FN2O3.ClH/c1-10(2)21-11-3-4-13(12(16)9-11)18-14(19)15(17)5-7-20-8-6-15;/h3-4,9-10H,5-8,17H2,1-2H3,(H,18,19);1H. The quantitative estimate of drug-likeness (QED) is 0.888. The topological polar surface area (TPSA) is 73.6 Å². The van der Waals surface area contributed by atoms with Gasteiger partial charge in [0.2, 0.25) is 5.91 Å². The number of halogens is 2. The zero-order chi connectivity index (χ0) is 15.5. The zero-order valence-electron chi connectivity index (χ0n) is 12.7. The number of hydrogen-bond acceptors (Lipinski definition) is 4. The van der Waals surface area contributed by atoms with E-state index in [9.17, 15) is 9.18 Å². The first-order valence-electron chi connectivity index (χ1n) is 7.05. The van der Waals surface area contributed by atoms with Gasteiger partial charge in [0.1, 0.15) is 17.1 Å². The van der Waals surface area contributed by atoms with Crippen LogP contribution in [0.1, 0.15) is 26.7 Å². The lowest BCUT2D eigenvalue weighted by Gasteiger charge is -2.31. The fourth-order valence-electron chi connectivity index (χ4n) is 2.15. The highest BCUT2D eigenvalue weighted by Gasteiger charge is 2.36. The lowest BCUT2D eigenvalue weighted by Crippen LogP contribution is -2.54. The Bertz CT molecular complexity index is 520. The molecule has 0 aromatic heterocycles. The Morgan fingerprint density at radius 1 is 1.41 bits per heavy atom. The van der Waals surface area contributed by atoms with E-state index in [1.54, 1.807) is 6.07 Å². The van der Waals surface area contributed by atoms with Crippen LogP contribution in [0.2, 0.25) is 0 Å². The molecule has 0 unspecified atom stereocenters. The summed E-state index contributed by atoms with van der Waals surface area (Å²) >= 11 is 0. The zero-order valence-corrected chi connectivity index (χ0v) is 13.5. The maximum Gasteiger partial charge on any atom is 0.244 e. The molecule has 1 fully saturated rings. The molecule has 1 amide bonds. The van der Waals surface area contributed by atoms with Crippen LogP contribution in [0, 0.1) is 5.82 Å². The number of carbonyl (C=O) groups excluding carboxylic acids is 1. The van der Waals surface area contributed by atoms with Crippen molar-refractivity contribution in [2.45, 2.75) is 38.3 Å². The van der Waals surface area contributed by atoms with E-state index in [-0.39, 0.29) is 30.1 Å². The van der Waals surface area contributed by atoms with E-state index in [2.05, 4.69) is 5.32 Å². The molecule has 1 aromatic rings. The number of ether oxygens (including phenoxy) is 2. The Morgan fingerprint density at radius 2 is 2.05 bits per heavy atom. The molecule has 2 rings (SSSR count). The molecular weight excluding hydrogens is 311 g/mol. The summed E-state index contributed by atoms with van der Waals surface area (Å²) in [6, 6.07) is 4.35. The van der Waals surface area contributed by atoms with E-state index < -0.39 is 11.4 Å². The van der Waals surface area contributed by atoms with Crippen molar-refractivity contribution in [3.05, 3.63) is 24.0 Å². The number of nitrogens with two attached hydrogens (primary N) is 1. The summed E-state index contributed by atoms with van der Waals surface area (Å²) in [5, 5.41) is 2.55. The molecule has 1 aromatic carbocycles. The lowest BCUT2D eigenvalue weighted by molar-refractivity contribution is -0.124. The predicted octanol–water partition coefficient (Wildman–Crippen LogP) is 2.48. The van der Waals surface area contributed by atoms with Gasteiger partial charge in [-0.3, -0.25) is 4.79 Å². The molecule has 1 aliphatic rings. The summed E-state index contributed by atoms with van der Waals surface area (Å²) in [6.45, 7) is 4.59. The molecule has 7 heteroatoms. The van der Waals surface area contributed by atoms with Crippen LogP contribution in [0.25, 0.3) is 0 Å². The summed E-state index contributed by atoms with van der Waals surface area (Å²) in [5.41, 5.74) is 5.16. The third-order valence-electron chi connectivity index (χ3n) is 3.40. The molecule has 0 spiro atoms. The largest absolute Gasteiger partial charge is 0.491 e. The van der Waals surface area contributed by atoms with Crippen LogP contribution in [-0.2, 0) is 9.53 Å². The number of carbonyl (C=O) groups is 1. The third kappa shape index (κ3) is 4.56. The minimum absolute atomic E-state index is 0. The van der Waals surface area contributed by atoms with E-state index in [1.165, 1.54) is 12.1 Å². The number of rotatable bonds is 4. The van der Waals surface area contributed by atoms with Crippen molar-refractivity contribution in [3.63, 3.8) is 0 Å². The number of benzene rings is 1. The van der Waals surface area contributed by atoms with E-state index in [0.717, 1.165) is 0 Å². The molecule has 22 heavy (non-hydrogen) atoms. The summed E-state index contributed by atoms with van der Waals surface area (Å²) in [6.07, 6.45) is 0.809. The molecule has 3 N–H and O–H groups in total. The van der Waals surface area contributed by atoms with Crippen molar-refractivity contribution in [1.29, 1.82) is 0 Å². The van der Waals surface area contributed by atoms with Crippen LogP contribution in [0.15, 0.2) is 18.2 Å². The van der Waals surface area contributed by atoms with Crippen LogP contribution < -0.4 is 15.8 Å². The Hall–Kier alpha value is -1.37. The first-order chi connectivity index (χ1) is 9.90. The average Bonchev–Trinajstić information content (AvgIpc) is 2.42. The van der Waals surface area contributed by atoms with Crippen molar-refractivity contribution < 1.29 is 18.7 Å². The Morgan fingerprint density at radius 3 is 2.59 bits per heavy atom. The van der Waals surface area contributed by atoms with Gasteiger partial charge in [0.05, 0.1) is 11.8 Å². The van der Waals surface area contributed by atoms with Crippen molar-refractivity contribution in [3.8, 4) is 5.75 Å². The van der Waals surface area contributed by atoms with Crippen LogP contribution in [0.5, 0.6) is 5.75 Å². The van der Waals surface area contributed by atoms with E-state index in [1.807, 2.05) is 13.8 Å². The highest BCUT2D eigenvalue weighted by atomic mass is 35.5. The first-order valence-corrected chi connectivity index (χ1v) is 7.05. The normalized spacial score (nSPS) is 16.8. The molecule has 0 aliphatic carbocycles. The van der Waals surface area contributed by atoms with E-state index in [4.69, 9.17) is 15.2 Å². The van der Waals surface area contributed by atoms with Gasteiger partial charge in [-0.1, -0.05) is 0 Å². The van der Waals surface area contributed by atoms with Crippen molar-refractivity contribution in [2.24, 2.45) is 5.73 Å². The highest BCUT2D eigenvalue weighted by molar-refractivity contribution is 5.98. The molecule has 0 bridgehead atoms. The van der Waals surface area contributed by atoms with Gasteiger partial charge in [0.15, 0.2) is 0 Å². The second kappa shape index (κ2) is 7.76. The third-order valence-corrected chi connectivity index (χ3v) is 3.40. The monoisotopic (exact) mass is 332 g/mol. The van der Waals surface area contributed by atoms with Crippen LogP contribution >= 0.6 is 12.4 Å². The molecule has 1 heterocycles. The molecule has 1 aliphatic heterocycles. The first kappa shape index (κ1) is 18.7. The van der Waals surface area contributed by atoms with Crippen LogP contribution in [0.4, 0.5) is 10.1 Å². The van der Waals surface area contributed by atoms with E-state index in [0.29, 0.717) is 31.8 Å². The van der Waals surface area contributed by atoms with Crippen LogP contribution in [-0.4, -0.2) is 30.8 Å². The van der Waals surface area contributed by atoms with Gasteiger partial charge >= 0.3 is 0 Å². The maximum atomic E-state index is 14.0. The van der Waals surface area contributed by atoms with Gasteiger partial charge in [-0.25, -0.2) is 4.39 Å². The minimum Gasteiger partial charge on any atom is -0.491 e. The average molecular weight is 333 g/mol. The number of nitrogens with one attached hydrogen (secondary N) is 1. The summed E-state index contributed by atoms with van der Waals surface area (Å²) in [5.74, 6) is -0.506. The van der Waals surface area contributed by atoms with Crippen molar-refractivity contribution in [2.75, 3.05) is 18.5 Å². The van der Waals surface area contributed by atoms with Crippen molar-refractivity contribution >= 4 is 24.0 Å². The molecule has 1 saturated heterocycles. The molecule has 5 nitrogen and oxygen atoms in total. The van der Waals surface area contributed by atoms with Crippen molar-refractivity contribution in [1.82, 2.24) is 0 Å². The fourth-order valence-corrected chi connectivity index (χ4v) is 2.15. The molecular formula is C15H22ClFN2O3. The highest BCUT2D eigenvalue weighted by Crippen LogP contribution is 2.24. The molecule has 0 radical (unpaired) electrons. The van der Waals surface area contributed by atoms with Gasteiger partial charge in [0.25, 0.3) is 0 Å². The SMILES string of the molecule is CC(C)Oc1ccc(NC(=O)C2(N)CCOCC2)c(F)c1.Cl. The van der Waals surface area contributed by atoms with Gasteiger partial charge in [-0.05, 0) is 38.8 Å². The molecule has 0 atom stereocenters. The fraction of sp³-hybridized carbons (Fsp3) is 0.533. The van der Waals surface area contributed by atoms with Crippen LogP contribution in [0.3, 0.4) is 0 Å². The van der Waals surface area contributed by atoms with Gasteiger partial charge in [0, 0.05) is 19.3 Å². The Labute approximate surface area is 135 Å². The van der Waals surface area contributed by atoms with Gasteiger partial charge in [-0.2, -0.15) is 0 Å². The number of anilines is 1. The van der Waals surface area contributed by atoms with Gasteiger partial charge < -0.3 is 20.5 Å². The molecule has 124 valence electrons. The molecule has 0 saturated carbocycles. The summed E-state index contributed by atoms with van der Waals surface area (Å²) in [7, 11) is 0. The number of amides is 1. The minimum atomic E-state index is -1.00. The van der Waals surface area contributed by atoms with E-state index >= 15 is 0 Å². The Kier molecular flexibility index (Phi) is 6.59. The number of hydrogen-bond donors (Lipinski definition) is 2. The smallest absolute Gasteiger partial charge is 0.244 e. The predicted molar refractivity (Wildman–Crippen MR) is 85.0 cm³/mol. The lowest BCUT2D eigenvalue weighted by atomic mass is 9.90. The Balaban J connectivity index is 0.00000242. The second-order valence-electron chi connectivity index (χ2n) is 5.53. The van der Waals surface area contributed by atoms with Gasteiger partial charge in [-0.15, -0.1) is 12.4 Å². The maximum absolute atomic E-state index is 14.0. The summed E-state index contributed by atoms with van der Waals surface area (Å²) < 4.78 is 24.6.